The lowest BCUT2D eigenvalue weighted by molar-refractivity contribution is -0.383. The van der Waals surface area contributed by atoms with Gasteiger partial charge in [0.05, 0.1) is 27.1 Å². The third-order valence-corrected chi connectivity index (χ3v) is 5.85. The number of aromatic nitrogens is 3. The largest absolute Gasteiger partial charge is 0.416 e. The molecule has 0 saturated carbocycles. The number of hydrogen-bond acceptors (Lipinski definition) is 5. The first kappa shape index (κ1) is 21.1. The fourth-order valence-corrected chi connectivity index (χ4v) is 4.19. The molecule has 0 unspecified atom stereocenters. The number of non-ortho nitro benzene ring substituents is 1. The molecule has 0 aliphatic carbocycles. The Morgan fingerprint density at radius 2 is 1.94 bits per heavy atom. The zero-order valence-electron chi connectivity index (χ0n) is 17.3. The van der Waals surface area contributed by atoms with Gasteiger partial charge in [0.15, 0.2) is 5.82 Å². The van der Waals surface area contributed by atoms with Crippen molar-refractivity contribution in [3.8, 4) is 11.4 Å². The van der Waals surface area contributed by atoms with Crippen LogP contribution in [-0.2, 0) is 25.7 Å². The Hall–Kier alpha value is -3.79. The molecule has 0 atom stereocenters. The summed E-state index contributed by atoms with van der Waals surface area (Å²) in [6.45, 7) is 1.76. The number of halogens is 3. The van der Waals surface area contributed by atoms with E-state index in [1.807, 2.05) is 0 Å². The number of nitro benzene ring substituents is 1. The van der Waals surface area contributed by atoms with Gasteiger partial charge in [0.2, 0.25) is 0 Å². The Morgan fingerprint density at radius 3 is 2.67 bits per heavy atom. The van der Waals surface area contributed by atoms with Gasteiger partial charge in [-0.25, -0.2) is 9.97 Å². The number of alkyl halides is 3. The minimum absolute atomic E-state index is 0.0630. The number of rotatable bonds is 4. The third-order valence-electron chi connectivity index (χ3n) is 5.85. The van der Waals surface area contributed by atoms with E-state index in [2.05, 4.69) is 19.9 Å². The highest BCUT2D eigenvalue weighted by Crippen LogP contribution is 2.32. The minimum atomic E-state index is -4.40. The number of H-pyrrole nitrogens is 1. The first-order valence-electron chi connectivity index (χ1n) is 10.3. The number of nitrogens with zero attached hydrogens (tertiary/aromatic N) is 4. The van der Waals surface area contributed by atoms with Gasteiger partial charge in [-0.15, -0.1) is 0 Å². The zero-order valence-corrected chi connectivity index (χ0v) is 17.3. The van der Waals surface area contributed by atoms with Crippen LogP contribution >= 0.6 is 0 Å². The van der Waals surface area contributed by atoms with Crippen LogP contribution in [-0.4, -0.2) is 31.3 Å². The average Bonchev–Trinajstić information content (AvgIpc) is 3.21. The molecule has 33 heavy (non-hydrogen) atoms. The second kappa shape index (κ2) is 7.96. The van der Waals surface area contributed by atoms with Crippen molar-refractivity contribution in [3.05, 3.63) is 87.4 Å². The molecular weight excluding hydrogens is 435 g/mol. The SMILES string of the molecule is O=[N+]([O-])c1cccc2[nH]cc(CN3CCc4cnc(-c5ccc(C(F)(F)F)cc5)nc4C3)c12. The summed E-state index contributed by atoms with van der Waals surface area (Å²) in [5.74, 6) is 0.368. The second-order valence-corrected chi connectivity index (χ2v) is 7.97. The van der Waals surface area contributed by atoms with Crippen LogP contribution < -0.4 is 0 Å². The Balaban J connectivity index is 1.39. The van der Waals surface area contributed by atoms with Crippen molar-refractivity contribution in [1.82, 2.24) is 19.9 Å². The van der Waals surface area contributed by atoms with Crippen LogP contribution in [0.3, 0.4) is 0 Å². The summed E-state index contributed by atoms with van der Waals surface area (Å²) >= 11 is 0. The molecule has 1 N–H and O–H groups in total. The molecule has 0 spiro atoms. The third kappa shape index (κ3) is 4.05. The lowest BCUT2D eigenvalue weighted by Crippen LogP contribution is -2.31. The van der Waals surface area contributed by atoms with Gasteiger partial charge in [0.1, 0.15) is 0 Å². The number of aromatic amines is 1. The van der Waals surface area contributed by atoms with Gasteiger partial charge in [-0.2, -0.15) is 13.2 Å². The first-order valence-corrected chi connectivity index (χ1v) is 10.3. The molecule has 4 aromatic rings. The molecule has 10 heteroatoms. The number of fused-ring (bicyclic) bond motifs is 2. The van der Waals surface area contributed by atoms with E-state index in [0.29, 0.717) is 41.8 Å². The van der Waals surface area contributed by atoms with Gasteiger partial charge >= 0.3 is 6.18 Å². The van der Waals surface area contributed by atoms with Crippen molar-refractivity contribution in [2.24, 2.45) is 0 Å². The highest BCUT2D eigenvalue weighted by molar-refractivity contribution is 5.91. The highest BCUT2D eigenvalue weighted by Gasteiger charge is 2.30. The molecule has 0 bridgehead atoms. The van der Waals surface area contributed by atoms with Crippen LogP contribution in [0.4, 0.5) is 18.9 Å². The van der Waals surface area contributed by atoms with E-state index in [1.165, 1.54) is 18.2 Å². The van der Waals surface area contributed by atoms with Gasteiger partial charge in [0, 0.05) is 43.7 Å². The zero-order chi connectivity index (χ0) is 23.2. The van der Waals surface area contributed by atoms with Crippen molar-refractivity contribution >= 4 is 16.6 Å². The number of hydrogen-bond donors (Lipinski definition) is 1. The van der Waals surface area contributed by atoms with Crippen molar-refractivity contribution in [2.75, 3.05) is 6.54 Å². The average molecular weight is 453 g/mol. The number of benzene rings is 2. The monoisotopic (exact) mass is 453 g/mol. The van der Waals surface area contributed by atoms with Crippen LogP contribution in [0, 0.1) is 10.1 Å². The van der Waals surface area contributed by atoms with Gasteiger partial charge in [0.25, 0.3) is 5.69 Å². The van der Waals surface area contributed by atoms with Crippen LogP contribution in [0.5, 0.6) is 0 Å². The molecule has 0 fully saturated rings. The van der Waals surface area contributed by atoms with Crippen LogP contribution in [0.2, 0.25) is 0 Å². The van der Waals surface area contributed by atoms with Crippen molar-refractivity contribution in [2.45, 2.75) is 25.7 Å². The van der Waals surface area contributed by atoms with E-state index in [1.54, 1.807) is 24.5 Å². The summed E-state index contributed by atoms with van der Waals surface area (Å²) in [4.78, 5) is 25.3. The molecule has 3 heterocycles. The molecule has 2 aromatic carbocycles. The van der Waals surface area contributed by atoms with E-state index in [0.717, 1.165) is 35.5 Å². The van der Waals surface area contributed by atoms with Crippen molar-refractivity contribution < 1.29 is 18.1 Å². The standard InChI is InChI=1S/C23H18F3N5O2/c24-23(25,26)17-6-4-14(5-7-17)22-28-10-15-8-9-30(13-19(15)29-22)12-16-11-27-18-2-1-3-20(21(16)18)31(32)33/h1-7,10-11,27H,8-9,12-13H2. The quantitative estimate of drug-likeness (QED) is 0.343. The summed E-state index contributed by atoms with van der Waals surface area (Å²) in [5.41, 5.74) is 3.19. The summed E-state index contributed by atoms with van der Waals surface area (Å²) in [6.07, 6.45) is -0.162. The highest BCUT2D eigenvalue weighted by atomic mass is 19.4. The summed E-state index contributed by atoms with van der Waals surface area (Å²) in [7, 11) is 0. The molecule has 0 amide bonds. The molecule has 1 aliphatic rings. The first-order chi connectivity index (χ1) is 15.8. The number of nitrogens with one attached hydrogen (secondary N) is 1. The summed E-state index contributed by atoms with van der Waals surface area (Å²) < 4.78 is 38.5. The summed E-state index contributed by atoms with van der Waals surface area (Å²) in [5, 5.41) is 12.1. The van der Waals surface area contributed by atoms with Gasteiger partial charge < -0.3 is 4.98 Å². The predicted octanol–water partition coefficient (Wildman–Crippen LogP) is 5.11. The number of nitro groups is 1. The maximum absolute atomic E-state index is 12.8. The lowest BCUT2D eigenvalue weighted by Gasteiger charge is -2.27. The Bertz CT molecular complexity index is 1350. The van der Waals surface area contributed by atoms with Crippen LogP contribution in [0.1, 0.15) is 22.4 Å². The fraction of sp³-hybridized carbons (Fsp3) is 0.217. The van der Waals surface area contributed by atoms with Gasteiger partial charge in [-0.1, -0.05) is 18.2 Å². The maximum atomic E-state index is 12.8. The van der Waals surface area contributed by atoms with Gasteiger partial charge in [-0.3, -0.25) is 15.0 Å². The Labute approximate surface area is 186 Å². The molecular formula is C23H18F3N5O2. The van der Waals surface area contributed by atoms with Crippen molar-refractivity contribution in [1.29, 1.82) is 0 Å². The van der Waals surface area contributed by atoms with E-state index in [4.69, 9.17) is 0 Å². The molecule has 168 valence electrons. The summed E-state index contributed by atoms with van der Waals surface area (Å²) in [6, 6.07) is 9.74. The van der Waals surface area contributed by atoms with E-state index >= 15 is 0 Å². The molecule has 1 aliphatic heterocycles. The smallest absolute Gasteiger partial charge is 0.361 e. The molecule has 0 radical (unpaired) electrons. The second-order valence-electron chi connectivity index (χ2n) is 7.97. The lowest BCUT2D eigenvalue weighted by atomic mass is 10.0. The van der Waals surface area contributed by atoms with E-state index < -0.39 is 11.7 Å². The normalized spacial score (nSPS) is 14.4. The molecule has 0 saturated heterocycles. The van der Waals surface area contributed by atoms with Gasteiger partial charge in [-0.05, 0) is 35.7 Å². The molecule has 5 rings (SSSR count). The molecule has 2 aromatic heterocycles. The minimum Gasteiger partial charge on any atom is -0.361 e. The maximum Gasteiger partial charge on any atom is 0.416 e. The van der Waals surface area contributed by atoms with Crippen LogP contribution in [0.25, 0.3) is 22.3 Å². The van der Waals surface area contributed by atoms with E-state index in [9.17, 15) is 23.3 Å². The Kier molecular flexibility index (Phi) is 5.09. The van der Waals surface area contributed by atoms with Crippen molar-refractivity contribution in [3.63, 3.8) is 0 Å². The van der Waals surface area contributed by atoms with Crippen LogP contribution in [0.15, 0.2) is 54.9 Å². The van der Waals surface area contributed by atoms with E-state index in [-0.39, 0.29) is 10.6 Å². The topological polar surface area (TPSA) is 88.0 Å². The predicted molar refractivity (Wildman–Crippen MR) is 115 cm³/mol. The Morgan fingerprint density at radius 1 is 1.15 bits per heavy atom. The molecule has 7 nitrogen and oxygen atoms in total. The fourth-order valence-electron chi connectivity index (χ4n) is 4.19.